The van der Waals surface area contributed by atoms with Crippen molar-refractivity contribution in [3.63, 3.8) is 0 Å². The van der Waals surface area contributed by atoms with Crippen LogP contribution in [0.1, 0.15) is 38.8 Å². The SMILES string of the molecule is CCn1c(=O)c(/C(C)=N/NC(=O)C(=O)N/N=C(\C)c2c(O)c3ccccc3n(CC)c2=O)c(O)c2ccccc21. The zero-order chi connectivity index (χ0) is 29.1. The Balaban J connectivity index is 1.57. The highest BCUT2D eigenvalue weighted by atomic mass is 16.3. The number of aromatic hydroxyl groups is 2. The van der Waals surface area contributed by atoms with Crippen molar-refractivity contribution >= 4 is 45.0 Å². The summed E-state index contributed by atoms with van der Waals surface area (Å²) in [6.07, 6.45) is 0. The van der Waals surface area contributed by atoms with Crippen LogP contribution in [0.25, 0.3) is 21.8 Å². The second-order valence-corrected chi connectivity index (χ2v) is 8.86. The quantitative estimate of drug-likeness (QED) is 0.165. The molecule has 2 aromatic carbocycles. The number of amides is 2. The number of hydrogen-bond donors (Lipinski definition) is 4. The van der Waals surface area contributed by atoms with Crippen molar-refractivity contribution in [2.45, 2.75) is 40.8 Å². The molecule has 0 spiro atoms. The van der Waals surface area contributed by atoms with Crippen molar-refractivity contribution in [1.29, 1.82) is 0 Å². The van der Waals surface area contributed by atoms with Gasteiger partial charge < -0.3 is 19.3 Å². The average molecular weight is 545 g/mol. The normalized spacial score (nSPS) is 12.1. The highest BCUT2D eigenvalue weighted by Crippen LogP contribution is 2.27. The van der Waals surface area contributed by atoms with Crippen LogP contribution in [0.5, 0.6) is 11.5 Å². The van der Waals surface area contributed by atoms with Crippen molar-refractivity contribution in [3.8, 4) is 11.5 Å². The number of nitrogens with zero attached hydrogens (tertiary/aromatic N) is 4. The minimum absolute atomic E-state index is 0.0162. The van der Waals surface area contributed by atoms with E-state index in [2.05, 4.69) is 10.2 Å². The van der Waals surface area contributed by atoms with Gasteiger partial charge in [0.1, 0.15) is 22.6 Å². The van der Waals surface area contributed by atoms with Crippen LogP contribution >= 0.6 is 0 Å². The molecule has 0 bridgehead atoms. The molecule has 0 saturated carbocycles. The number of aromatic nitrogens is 2. The molecule has 4 rings (SSSR count). The summed E-state index contributed by atoms with van der Waals surface area (Å²) in [4.78, 5) is 50.8. The lowest BCUT2D eigenvalue weighted by atomic mass is 10.1. The molecule has 206 valence electrons. The number of benzene rings is 2. The van der Waals surface area contributed by atoms with Gasteiger partial charge in [0.05, 0.1) is 22.5 Å². The van der Waals surface area contributed by atoms with Gasteiger partial charge in [-0.1, -0.05) is 24.3 Å². The molecule has 0 aliphatic heterocycles. The van der Waals surface area contributed by atoms with Gasteiger partial charge >= 0.3 is 11.8 Å². The molecule has 0 radical (unpaired) electrons. The first-order chi connectivity index (χ1) is 19.1. The number of carbonyl (C=O) groups excluding carboxylic acids is 2. The van der Waals surface area contributed by atoms with Crippen LogP contribution in [0.4, 0.5) is 0 Å². The van der Waals surface area contributed by atoms with Gasteiger partial charge in [-0.25, -0.2) is 10.9 Å². The Bertz CT molecular complexity index is 1720. The summed E-state index contributed by atoms with van der Waals surface area (Å²) >= 11 is 0. The standard InChI is InChI=1S/C28H28N6O6/c1-5-33-19-13-9-7-11-17(19)23(35)21(27(33)39)15(3)29-31-25(37)26(38)32-30-16(4)22-24(36)18-12-8-10-14-20(18)34(6-2)28(22)40/h7-14,35-36H,5-6H2,1-4H3,(H,31,37)(H,32,38)/b29-15+,30-16+. The number of pyridine rings is 2. The Labute approximate surface area is 227 Å². The summed E-state index contributed by atoms with van der Waals surface area (Å²) in [6.45, 7) is 7.06. The van der Waals surface area contributed by atoms with Crippen LogP contribution in [0, 0.1) is 0 Å². The van der Waals surface area contributed by atoms with Crippen LogP contribution in [0.15, 0.2) is 68.3 Å². The van der Waals surface area contributed by atoms with E-state index < -0.39 is 22.9 Å². The van der Waals surface area contributed by atoms with Crippen LogP contribution in [-0.4, -0.2) is 42.6 Å². The maximum absolute atomic E-state index is 13.0. The van der Waals surface area contributed by atoms with Crippen molar-refractivity contribution < 1.29 is 19.8 Å². The van der Waals surface area contributed by atoms with Crippen LogP contribution in [-0.2, 0) is 22.7 Å². The van der Waals surface area contributed by atoms with Crippen molar-refractivity contribution in [1.82, 2.24) is 20.0 Å². The molecule has 2 aromatic heterocycles. The molecule has 0 aliphatic carbocycles. The summed E-state index contributed by atoms with van der Waals surface area (Å²) in [5, 5.41) is 30.0. The fourth-order valence-electron chi connectivity index (χ4n) is 4.54. The lowest BCUT2D eigenvalue weighted by molar-refractivity contribution is -0.139. The second-order valence-electron chi connectivity index (χ2n) is 8.86. The van der Waals surface area contributed by atoms with E-state index in [0.29, 0.717) is 34.9 Å². The van der Waals surface area contributed by atoms with Crippen LogP contribution < -0.4 is 22.0 Å². The molecular weight excluding hydrogens is 516 g/mol. The topological polar surface area (TPSA) is 167 Å². The predicted molar refractivity (Wildman–Crippen MR) is 152 cm³/mol. The van der Waals surface area contributed by atoms with Gasteiger partial charge in [0.2, 0.25) is 0 Å². The molecule has 12 heteroatoms. The smallest absolute Gasteiger partial charge is 0.331 e. The minimum Gasteiger partial charge on any atom is -0.506 e. The van der Waals surface area contributed by atoms with Crippen molar-refractivity contribution in [3.05, 3.63) is 80.4 Å². The van der Waals surface area contributed by atoms with Gasteiger partial charge in [-0.15, -0.1) is 0 Å². The third kappa shape index (κ3) is 4.82. The number of nitrogens with one attached hydrogen (secondary N) is 2. The molecule has 0 saturated heterocycles. The Kier molecular flexibility index (Phi) is 7.80. The zero-order valence-corrected chi connectivity index (χ0v) is 22.3. The Morgan fingerprint density at radius 2 is 1.05 bits per heavy atom. The maximum atomic E-state index is 13.0. The van der Waals surface area contributed by atoms with E-state index in [4.69, 9.17) is 0 Å². The first kappa shape index (κ1) is 27.8. The molecule has 0 fully saturated rings. The van der Waals surface area contributed by atoms with E-state index in [1.165, 1.54) is 23.0 Å². The highest BCUT2D eigenvalue weighted by Gasteiger charge is 2.21. The van der Waals surface area contributed by atoms with Gasteiger partial charge in [0.25, 0.3) is 11.1 Å². The summed E-state index contributed by atoms with van der Waals surface area (Å²) in [5.41, 5.74) is 3.89. The maximum Gasteiger partial charge on any atom is 0.331 e. The first-order valence-electron chi connectivity index (χ1n) is 12.5. The highest BCUT2D eigenvalue weighted by molar-refractivity contribution is 6.35. The molecule has 4 N–H and O–H groups in total. The number of hydrogen-bond acceptors (Lipinski definition) is 8. The second kappa shape index (κ2) is 11.2. The number of rotatable bonds is 6. The number of aryl methyl sites for hydroxylation is 2. The summed E-state index contributed by atoms with van der Waals surface area (Å²) < 4.78 is 2.92. The molecular formula is C28H28N6O6. The fraction of sp³-hybridized carbons (Fsp3) is 0.214. The molecule has 2 heterocycles. The van der Waals surface area contributed by atoms with Gasteiger partial charge in [-0.05, 0) is 52.0 Å². The number of fused-ring (bicyclic) bond motifs is 2. The minimum atomic E-state index is -1.21. The van der Waals surface area contributed by atoms with Gasteiger partial charge in [-0.3, -0.25) is 19.2 Å². The van der Waals surface area contributed by atoms with Crippen molar-refractivity contribution in [2.24, 2.45) is 10.2 Å². The number of carbonyl (C=O) groups is 2. The van der Waals surface area contributed by atoms with E-state index in [0.717, 1.165) is 0 Å². The number of para-hydroxylation sites is 2. The molecule has 4 aromatic rings. The fourth-order valence-corrected chi connectivity index (χ4v) is 4.54. The van der Waals surface area contributed by atoms with Crippen molar-refractivity contribution in [2.75, 3.05) is 0 Å². The van der Waals surface area contributed by atoms with E-state index in [1.807, 2.05) is 10.9 Å². The van der Waals surface area contributed by atoms with E-state index in [1.54, 1.807) is 62.4 Å². The van der Waals surface area contributed by atoms with Gasteiger partial charge in [-0.2, -0.15) is 10.2 Å². The lowest BCUT2D eigenvalue weighted by Crippen LogP contribution is -2.37. The summed E-state index contributed by atoms with van der Waals surface area (Å²) in [5.74, 6) is -3.00. The summed E-state index contributed by atoms with van der Waals surface area (Å²) in [6, 6.07) is 13.7. The lowest BCUT2D eigenvalue weighted by Gasteiger charge is -2.13. The van der Waals surface area contributed by atoms with Gasteiger partial charge in [0, 0.05) is 23.9 Å². The van der Waals surface area contributed by atoms with Crippen LogP contribution in [0.3, 0.4) is 0 Å². The van der Waals surface area contributed by atoms with Crippen LogP contribution in [0.2, 0.25) is 0 Å². The Morgan fingerprint density at radius 1 is 0.700 bits per heavy atom. The number of hydrazone groups is 2. The third-order valence-corrected chi connectivity index (χ3v) is 6.50. The largest absolute Gasteiger partial charge is 0.506 e. The molecule has 0 atom stereocenters. The molecule has 40 heavy (non-hydrogen) atoms. The summed E-state index contributed by atoms with van der Waals surface area (Å²) in [7, 11) is 0. The molecule has 2 amide bonds. The predicted octanol–water partition coefficient (Wildman–Crippen LogP) is 2.15. The first-order valence-corrected chi connectivity index (χ1v) is 12.5. The van der Waals surface area contributed by atoms with Gasteiger partial charge in [0.15, 0.2) is 0 Å². The average Bonchev–Trinajstić information content (AvgIpc) is 2.95. The van der Waals surface area contributed by atoms with E-state index in [-0.39, 0.29) is 34.0 Å². The Hall–Kier alpha value is -5.26. The molecule has 0 unspecified atom stereocenters. The Morgan fingerprint density at radius 3 is 1.40 bits per heavy atom. The monoisotopic (exact) mass is 544 g/mol. The third-order valence-electron chi connectivity index (χ3n) is 6.50. The molecule has 0 aliphatic rings. The van der Waals surface area contributed by atoms with E-state index >= 15 is 0 Å². The molecule has 12 nitrogen and oxygen atoms in total. The van der Waals surface area contributed by atoms with E-state index in [9.17, 15) is 29.4 Å². The zero-order valence-electron chi connectivity index (χ0n) is 22.3.